The Bertz CT molecular complexity index is 520. The van der Waals surface area contributed by atoms with Crippen molar-refractivity contribution in [3.05, 3.63) is 28.8 Å². The molecule has 1 aliphatic heterocycles. The molecule has 6 heteroatoms. The van der Waals surface area contributed by atoms with Crippen LogP contribution in [0.15, 0.2) is 18.2 Å². The van der Waals surface area contributed by atoms with E-state index in [-0.39, 0.29) is 5.91 Å². The third-order valence-corrected chi connectivity index (χ3v) is 3.84. The Morgan fingerprint density at radius 3 is 2.48 bits per heavy atom. The average molecular weight is 312 g/mol. The van der Waals surface area contributed by atoms with E-state index < -0.39 is 5.60 Å². The zero-order chi connectivity index (χ0) is 15.6. The van der Waals surface area contributed by atoms with Gasteiger partial charge in [-0.2, -0.15) is 0 Å². The number of benzene rings is 1. The summed E-state index contributed by atoms with van der Waals surface area (Å²) in [6.45, 7) is 7.02. The fourth-order valence-electron chi connectivity index (χ4n) is 2.50. The Balaban J connectivity index is 1.95. The zero-order valence-corrected chi connectivity index (χ0v) is 13.2. The number of nitrogens with zero attached hydrogens (tertiary/aromatic N) is 2. The lowest BCUT2D eigenvalue weighted by Gasteiger charge is -2.37. The Kier molecular flexibility index (Phi) is 4.76. The minimum absolute atomic E-state index is 0.0280. The molecule has 2 rings (SSSR count). The number of nitrogens with two attached hydrogens (primary N) is 1. The molecule has 1 saturated heterocycles. The molecule has 3 N–H and O–H groups in total. The van der Waals surface area contributed by atoms with E-state index in [2.05, 4.69) is 4.90 Å². The summed E-state index contributed by atoms with van der Waals surface area (Å²) < 4.78 is 0. The highest BCUT2D eigenvalue weighted by Gasteiger charge is 2.25. The lowest BCUT2D eigenvalue weighted by molar-refractivity contribution is 0.0178. The largest absolute Gasteiger partial charge is 0.398 e. The number of halogens is 1. The molecule has 1 aliphatic rings. The first-order valence-electron chi connectivity index (χ1n) is 7.05. The van der Waals surface area contributed by atoms with Crippen LogP contribution in [-0.2, 0) is 0 Å². The maximum Gasteiger partial charge on any atom is 0.253 e. The minimum Gasteiger partial charge on any atom is -0.398 e. The molecule has 21 heavy (non-hydrogen) atoms. The number of anilines is 1. The number of hydrogen-bond donors (Lipinski definition) is 2. The molecular weight excluding hydrogens is 290 g/mol. The maximum absolute atomic E-state index is 12.4. The van der Waals surface area contributed by atoms with Crippen LogP contribution in [0.1, 0.15) is 24.2 Å². The van der Waals surface area contributed by atoms with E-state index in [1.54, 1.807) is 32.0 Å². The summed E-state index contributed by atoms with van der Waals surface area (Å²) in [7, 11) is 0. The molecule has 116 valence electrons. The standard InChI is InChI=1S/C15H22ClN3O2/c1-15(2,21)10-18-5-7-19(8-6-18)14(20)11-3-4-13(17)12(16)9-11/h3-4,9,21H,5-8,10,17H2,1-2H3. The van der Waals surface area contributed by atoms with Crippen molar-refractivity contribution < 1.29 is 9.90 Å². The highest BCUT2D eigenvalue weighted by atomic mass is 35.5. The molecule has 1 aromatic carbocycles. The van der Waals surface area contributed by atoms with Gasteiger partial charge >= 0.3 is 0 Å². The van der Waals surface area contributed by atoms with Crippen LogP contribution in [0.25, 0.3) is 0 Å². The van der Waals surface area contributed by atoms with Crippen molar-refractivity contribution in [1.29, 1.82) is 0 Å². The monoisotopic (exact) mass is 311 g/mol. The average Bonchev–Trinajstić information content (AvgIpc) is 2.40. The van der Waals surface area contributed by atoms with Crippen LogP contribution >= 0.6 is 11.6 Å². The van der Waals surface area contributed by atoms with Gasteiger partial charge in [-0.15, -0.1) is 0 Å². The quantitative estimate of drug-likeness (QED) is 0.829. The van der Waals surface area contributed by atoms with Gasteiger partial charge in [0.25, 0.3) is 5.91 Å². The highest BCUT2D eigenvalue weighted by Crippen LogP contribution is 2.21. The van der Waals surface area contributed by atoms with Crippen molar-refractivity contribution in [2.45, 2.75) is 19.4 Å². The Labute approximate surface area is 130 Å². The van der Waals surface area contributed by atoms with E-state index >= 15 is 0 Å². The molecule has 0 aliphatic carbocycles. The van der Waals surface area contributed by atoms with Crippen LogP contribution in [0, 0.1) is 0 Å². The maximum atomic E-state index is 12.4. The van der Waals surface area contributed by atoms with Crippen molar-refractivity contribution in [3.8, 4) is 0 Å². The lowest BCUT2D eigenvalue weighted by atomic mass is 10.1. The molecule has 0 spiro atoms. The van der Waals surface area contributed by atoms with Gasteiger partial charge < -0.3 is 15.7 Å². The lowest BCUT2D eigenvalue weighted by Crippen LogP contribution is -2.52. The van der Waals surface area contributed by atoms with Crippen molar-refractivity contribution in [2.75, 3.05) is 38.5 Å². The SMILES string of the molecule is CC(C)(O)CN1CCN(C(=O)c2ccc(N)c(Cl)c2)CC1. The molecule has 1 heterocycles. The van der Waals surface area contributed by atoms with Gasteiger partial charge in [0.2, 0.25) is 0 Å². The first-order chi connectivity index (χ1) is 9.76. The summed E-state index contributed by atoms with van der Waals surface area (Å²) in [6.07, 6.45) is 0. The smallest absolute Gasteiger partial charge is 0.253 e. The highest BCUT2D eigenvalue weighted by molar-refractivity contribution is 6.33. The Hall–Kier alpha value is -1.30. The van der Waals surface area contributed by atoms with E-state index in [1.807, 2.05) is 4.90 Å². The molecular formula is C15H22ClN3O2. The van der Waals surface area contributed by atoms with Crippen LogP contribution in [0.5, 0.6) is 0 Å². The van der Waals surface area contributed by atoms with E-state index in [0.29, 0.717) is 35.9 Å². The van der Waals surface area contributed by atoms with Crippen LogP contribution in [0.3, 0.4) is 0 Å². The van der Waals surface area contributed by atoms with E-state index in [1.165, 1.54) is 0 Å². The number of piperazine rings is 1. The van der Waals surface area contributed by atoms with E-state index in [4.69, 9.17) is 17.3 Å². The van der Waals surface area contributed by atoms with Crippen molar-refractivity contribution in [2.24, 2.45) is 0 Å². The van der Waals surface area contributed by atoms with Gasteiger partial charge in [0.15, 0.2) is 0 Å². The van der Waals surface area contributed by atoms with Crippen LogP contribution in [0.4, 0.5) is 5.69 Å². The molecule has 1 amide bonds. The van der Waals surface area contributed by atoms with Gasteiger partial charge in [-0.05, 0) is 32.0 Å². The third-order valence-electron chi connectivity index (χ3n) is 3.52. The number of aliphatic hydroxyl groups is 1. The summed E-state index contributed by atoms with van der Waals surface area (Å²) in [6, 6.07) is 4.97. The number of carbonyl (C=O) groups excluding carboxylic acids is 1. The molecule has 0 bridgehead atoms. The number of amides is 1. The second kappa shape index (κ2) is 6.22. The first-order valence-corrected chi connectivity index (χ1v) is 7.43. The number of carbonyl (C=O) groups is 1. The van der Waals surface area contributed by atoms with Gasteiger partial charge in [0.1, 0.15) is 0 Å². The van der Waals surface area contributed by atoms with Gasteiger partial charge in [0, 0.05) is 38.3 Å². The fraction of sp³-hybridized carbons (Fsp3) is 0.533. The van der Waals surface area contributed by atoms with Crippen molar-refractivity contribution in [3.63, 3.8) is 0 Å². The number of hydrogen-bond acceptors (Lipinski definition) is 4. The molecule has 1 fully saturated rings. The normalized spacial score (nSPS) is 17.0. The van der Waals surface area contributed by atoms with Crippen LogP contribution < -0.4 is 5.73 Å². The number of rotatable bonds is 3. The molecule has 0 unspecified atom stereocenters. The topological polar surface area (TPSA) is 69.8 Å². The van der Waals surface area contributed by atoms with Gasteiger partial charge in [-0.1, -0.05) is 11.6 Å². The Morgan fingerprint density at radius 1 is 1.33 bits per heavy atom. The number of β-amino-alcohol motifs (C(OH)–C–C–N with tert-alkyl or cyclic N) is 1. The Morgan fingerprint density at radius 2 is 1.95 bits per heavy atom. The van der Waals surface area contributed by atoms with Gasteiger partial charge in [-0.3, -0.25) is 9.69 Å². The fourth-order valence-corrected chi connectivity index (χ4v) is 2.68. The van der Waals surface area contributed by atoms with Gasteiger partial charge in [-0.25, -0.2) is 0 Å². The molecule has 0 aromatic heterocycles. The summed E-state index contributed by atoms with van der Waals surface area (Å²) in [4.78, 5) is 16.4. The third kappa shape index (κ3) is 4.33. The summed E-state index contributed by atoms with van der Waals surface area (Å²) in [5.74, 6) is -0.0280. The summed E-state index contributed by atoms with van der Waals surface area (Å²) >= 11 is 5.96. The van der Waals surface area contributed by atoms with Gasteiger partial charge in [0.05, 0.1) is 16.3 Å². The van der Waals surface area contributed by atoms with Crippen molar-refractivity contribution in [1.82, 2.24) is 9.80 Å². The number of nitrogen functional groups attached to an aromatic ring is 1. The van der Waals surface area contributed by atoms with E-state index in [0.717, 1.165) is 13.1 Å². The second-order valence-corrected chi connectivity index (χ2v) is 6.52. The predicted molar refractivity (Wildman–Crippen MR) is 84.5 cm³/mol. The second-order valence-electron chi connectivity index (χ2n) is 6.12. The minimum atomic E-state index is -0.712. The van der Waals surface area contributed by atoms with Crippen molar-refractivity contribution >= 4 is 23.2 Å². The van der Waals surface area contributed by atoms with Crippen LogP contribution in [0.2, 0.25) is 5.02 Å². The molecule has 0 atom stereocenters. The summed E-state index contributed by atoms with van der Waals surface area (Å²) in [5, 5.41) is 10.2. The predicted octanol–water partition coefficient (Wildman–Crippen LogP) is 1.45. The van der Waals surface area contributed by atoms with Crippen LogP contribution in [-0.4, -0.2) is 59.1 Å². The molecule has 1 aromatic rings. The summed E-state index contributed by atoms with van der Waals surface area (Å²) in [5.41, 5.74) is 5.98. The van der Waals surface area contributed by atoms with E-state index in [9.17, 15) is 9.90 Å². The first kappa shape index (κ1) is 16.1. The molecule has 0 radical (unpaired) electrons. The zero-order valence-electron chi connectivity index (χ0n) is 12.5. The molecule has 5 nitrogen and oxygen atoms in total. The molecule has 0 saturated carbocycles.